The van der Waals surface area contributed by atoms with Crippen LogP contribution in [0.15, 0.2) is 40.8 Å². The van der Waals surface area contributed by atoms with Gasteiger partial charge in [-0.3, -0.25) is 10.2 Å². The van der Waals surface area contributed by atoms with Crippen molar-refractivity contribution in [2.45, 2.75) is 26.6 Å². The Bertz CT molecular complexity index is 578. The van der Waals surface area contributed by atoms with Gasteiger partial charge >= 0.3 is 5.91 Å². The third-order valence-corrected chi connectivity index (χ3v) is 3.13. The lowest BCUT2D eigenvalue weighted by Gasteiger charge is -2.12. The molecule has 106 valence electrons. The Kier molecular flexibility index (Phi) is 4.55. The zero-order chi connectivity index (χ0) is 14.5. The van der Waals surface area contributed by atoms with E-state index in [0.717, 1.165) is 11.1 Å². The number of benzene rings is 1. The smallest absolute Gasteiger partial charge is 0.300 e. The highest BCUT2D eigenvalue weighted by Gasteiger charge is 2.14. The van der Waals surface area contributed by atoms with Gasteiger partial charge in [-0.1, -0.05) is 30.3 Å². The normalized spacial score (nSPS) is 12.2. The molecule has 2 aromatic rings. The topological polar surface area (TPSA) is 77.5 Å². The first-order valence-corrected chi connectivity index (χ1v) is 6.38. The molecule has 0 aliphatic carbocycles. The molecular formula is C15H18N2O3. The summed E-state index contributed by atoms with van der Waals surface area (Å²) in [4.78, 5) is 11.4. The number of hydrogen-bond acceptors (Lipinski definition) is 4. The minimum absolute atomic E-state index is 0.0303. The van der Waals surface area contributed by atoms with Crippen LogP contribution in [0.25, 0.3) is 0 Å². The maximum Gasteiger partial charge on any atom is 0.300 e. The summed E-state index contributed by atoms with van der Waals surface area (Å²) in [5.41, 5.74) is 3.98. The number of ether oxygens (including phenoxy) is 1. The highest BCUT2D eigenvalue weighted by Crippen LogP contribution is 2.21. The van der Waals surface area contributed by atoms with E-state index >= 15 is 0 Å². The van der Waals surface area contributed by atoms with Gasteiger partial charge < -0.3 is 9.15 Å². The van der Waals surface area contributed by atoms with Gasteiger partial charge in [-0.2, -0.15) is 0 Å². The van der Waals surface area contributed by atoms with Crippen LogP contribution in [0.5, 0.6) is 0 Å². The molecule has 0 aliphatic rings. The summed E-state index contributed by atoms with van der Waals surface area (Å²) in [5.74, 6) is 5.47. The predicted molar refractivity (Wildman–Crippen MR) is 74.7 cm³/mol. The first-order valence-electron chi connectivity index (χ1n) is 6.38. The second-order valence-corrected chi connectivity index (χ2v) is 4.53. The van der Waals surface area contributed by atoms with Gasteiger partial charge in [-0.15, -0.1) is 0 Å². The molecule has 0 aliphatic heterocycles. The van der Waals surface area contributed by atoms with Gasteiger partial charge in [0.1, 0.15) is 5.76 Å². The molecule has 0 spiro atoms. The van der Waals surface area contributed by atoms with E-state index in [4.69, 9.17) is 15.0 Å². The van der Waals surface area contributed by atoms with Crippen molar-refractivity contribution < 1.29 is 13.9 Å². The number of furan rings is 1. The van der Waals surface area contributed by atoms with Crippen molar-refractivity contribution in [1.29, 1.82) is 0 Å². The number of hydrazine groups is 1. The van der Waals surface area contributed by atoms with Gasteiger partial charge in [0.05, 0.1) is 12.7 Å². The molecule has 1 aromatic carbocycles. The summed E-state index contributed by atoms with van der Waals surface area (Å²) < 4.78 is 11.1. The molecular weight excluding hydrogens is 256 g/mol. The molecule has 1 aromatic heterocycles. The van der Waals surface area contributed by atoms with Crippen molar-refractivity contribution in [2.24, 2.45) is 5.84 Å². The van der Waals surface area contributed by atoms with Gasteiger partial charge in [-0.25, -0.2) is 5.84 Å². The molecule has 5 heteroatoms. The number of carbonyl (C=O) groups excluding carboxylic acids is 1. The molecule has 0 fully saturated rings. The van der Waals surface area contributed by atoms with Crippen molar-refractivity contribution in [3.8, 4) is 0 Å². The number of hydrogen-bond donors (Lipinski definition) is 2. The molecule has 0 saturated carbocycles. The molecule has 1 heterocycles. The van der Waals surface area contributed by atoms with Crippen LogP contribution in [0.2, 0.25) is 0 Å². The van der Waals surface area contributed by atoms with Gasteiger partial charge in [-0.05, 0) is 25.5 Å². The second-order valence-electron chi connectivity index (χ2n) is 4.53. The molecule has 3 N–H and O–H groups in total. The maximum atomic E-state index is 11.4. The molecule has 0 saturated heterocycles. The van der Waals surface area contributed by atoms with Crippen molar-refractivity contribution in [3.05, 3.63) is 59.0 Å². The van der Waals surface area contributed by atoms with E-state index in [1.165, 1.54) is 0 Å². The summed E-state index contributed by atoms with van der Waals surface area (Å²) in [7, 11) is 0. The number of rotatable bonds is 5. The number of carbonyl (C=O) groups is 1. The fourth-order valence-electron chi connectivity index (χ4n) is 1.88. The Morgan fingerprint density at radius 2 is 2.10 bits per heavy atom. The molecule has 5 nitrogen and oxygen atoms in total. The quantitative estimate of drug-likeness (QED) is 0.499. The van der Waals surface area contributed by atoms with E-state index in [2.05, 4.69) is 0 Å². The standard InChI is InChI=1S/C15H18N2O3/c1-10(12-6-4-3-5-7-12)19-9-13-8-14(15(18)17-16)20-11(13)2/h3-8,10H,9,16H2,1-2H3,(H,17,18). The molecule has 0 radical (unpaired) electrons. The zero-order valence-corrected chi connectivity index (χ0v) is 11.6. The lowest BCUT2D eigenvalue weighted by atomic mass is 10.1. The maximum absolute atomic E-state index is 11.4. The summed E-state index contributed by atoms with van der Waals surface area (Å²) in [6, 6.07) is 11.6. The van der Waals surface area contributed by atoms with E-state index < -0.39 is 5.91 Å². The van der Waals surface area contributed by atoms with E-state index in [-0.39, 0.29) is 11.9 Å². The fourth-order valence-corrected chi connectivity index (χ4v) is 1.88. The Hall–Kier alpha value is -2.11. The van der Waals surface area contributed by atoms with Gasteiger partial charge in [0.25, 0.3) is 0 Å². The minimum atomic E-state index is -0.449. The van der Waals surface area contributed by atoms with Gasteiger partial charge in [0.2, 0.25) is 0 Å². The molecule has 20 heavy (non-hydrogen) atoms. The Labute approximate surface area is 117 Å². The van der Waals surface area contributed by atoms with Crippen LogP contribution >= 0.6 is 0 Å². The Morgan fingerprint density at radius 3 is 2.75 bits per heavy atom. The number of nitrogens with one attached hydrogen (secondary N) is 1. The average molecular weight is 274 g/mol. The van der Waals surface area contributed by atoms with E-state index in [9.17, 15) is 4.79 Å². The highest BCUT2D eigenvalue weighted by molar-refractivity contribution is 5.91. The number of nitrogens with two attached hydrogens (primary N) is 1. The van der Waals surface area contributed by atoms with Crippen LogP contribution in [0.4, 0.5) is 0 Å². The average Bonchev–Trinajstić information content (AvgIpc) is 2.86. The highest BCUT2D eigenvalue weighted by atomic mass is 16.5. The first-order chi connectivity index (χ1) is 9.61. The number of amides is 1. The second kappa shape index (κ2) is 6.36. The van der Waals surface area contributed by atoms with Crippen LogP contribution in [-0.4, -0.2) is 5.91 Å². The molecule has 1 amide bonds. The summed E-state index contributed by atoms with van der Waals surface area (Å²) in [5, 5.41) is 0. The monoisotopic (exact) mass is 274 g/mol. The van der Waals surface area contributed by atoms with Crippen molar-refractivity contribution in [1.82, 2.24) is 5.43 Å². The zero-order valence-electron chi connectivity index (χ0n) is 11.6. The van der Waals surface area contributed by atoms with Crippen LogP contribution in [0.3, 0.4) is 0 Å². The Morgan fingerprint density at radius 1 is 1.40 bits per heavy atom. The van der Waals surface area contributed by atoms with Crippen LogP contribution in [-0.2, 0) is 11.3 Å². The largest absolute Gasteiger partial charge is 0.456 e. The van der Waals surface area contributed by atoms with E-state index in [1.54, 1.807) is 13.0 Å². The van der Waals surface area contributed by atoms with Crippen molar-refractivity contribution in [2.75, 3.05) is 0 Å². The van der Waals surface area contributed by atoms with Crippen molar-refractivity contribution in [3.63, 3.8) is 0 Å². The Balaban J connectivity index is 2.01. The lowest BCUT2D eigenvalue weighted by molar-refractivity contribution is 0.0519. The predicted octanol–water partition coefficient (Wildman–Crippen LogP) is 2.47. The van der Waals surface area contributed by atoms with Crippen LogP contribution in [0, 0.1) is 6.92 Å². The summed E-state index contributed by atoms with van der Waals surface area (Å²) in [6.45, 7) is 4.15. The number of aryl methyl sites for hydroxylation is 1. The van der Waals surface area contributed by atoms with E-state index in [0.29, 0.717) is 12.4 Å². The molecule has 1 atom stereocenters. The summed E-state index contributed by atoms with van der Waals surface area (Å²) >= 11 is 0. The van der Waals surface area contributed by atoms with E-state index in [1.807, 2.05) is 42.7 Å². The summed E-state index contributed by atoms with van der Waals surface area (Å²) in [6.07, 6.45) is -0.0303. The molecule has 0 bridgehead atoms. The SMILES string of the molecule is Cc1oc(C(=O)NN)cc1COC(C)c1ccccc1. The first kappa shape index (κ1) is 14.3. The van der Waals surface area contributed by atoms with Gasteiger partial charge in [0.15, 0.2) is 5.76 Å². The third-order valence-electron chi connectivity index (χ3n) is 3.13. The number of nitrogen functional groups attached to an aromatic ring is 1. The van der Waals surface area contributed by atoms with Gasteiger partial charge in [0, 0.05) is 5.56 Å². The minimum Gasteiger partial charge on any atom is -0.456 e. The molecule has 1 unspecified atom stereocenters. The van der Waals surface area contributed by atoms with Crippen LogP contribution in [0.1, 0.15) is 40.5 Å². The van der Waals surface area contributed by atoms with Crippen molar-refractivity contribution >= 4 is 5.91 Å². The lowest BCUT2D eigenvalue weighted by Crippen LogP contribution is -2.29. The van der Waals surface area contributed by atoms with Crippen LogP contribution < -0.4 is 11.3 Å². The molecule has 2 rings (SSSR count). The third kappa shape index (κ3) is 3.26. The fraction of sp³-hybridized carbons (Fsp3) is 0.267.